The smallest absolute Gasteiger partial charge is 0.402 e. The van der Waals surface area contributed by atoms with Crippen LogP contribution in [0.3, 0.4) is 0 Å². The first-order chi connectivity index (χ1) is 18.2. The maximum absolute atomic E-state index is 12.0. The molecular formula is C12H7BF24O7. The van der Waals surface area contributed by atoms with Crippen molar-refractivity contribution in [2.24, 2.45) is 0 Å². The molecular weight excluding hydrogens is 723 g/mol. The Hall–Kier alpha value is -1.90. The van der Waals surface area contributed by atoms with Gasteiger partial charge in [0.1, 0.15) is 0 Å². The highest BCUT2D eigenvalue weighted by Gasteiger charge is 2.95. The number of hydrogen-bond acceptors (Lipinski definition) is 7. The van der Waals surface area contributed by atoms with Gasteiger partial charge in [-0.15, -0.1) is 0 Å². The molecule has 32 heteroatoms. The quantitative estimate of drug-likeness (QED) is 0.171. The van der Waals surface area contributed by atoms with Crippen LogP contribution in [0.5, 0.6) is 0 Å². The van der Waals surface area contributed by atoms with Gasteiger partial charge in [0.05, 0.1) is 0 Å². The molecule has 44 heavy (non-hydrogen) atoms. The van der Waals surface area contributed by atoms with Gasteiger partial charge in [-0.05, 0) is 0 Å². The molecule has 0 aliphatic rings. The van der Waals surface area contributed by atoms with Gasteiger partial charge in [-0.2, -0.15) is 105 Å². The first-order valence-electron chi connectivity index (χ1n) is 8.70. The molecule has 0 aromatic carbocycles. The van der Waals surface area contributed by atoms with Crippen molar-refractivity contribution in [1.82, 2.24) is 0 Å². The third-order valence-corrected chi connectivity index (χ3v) is 4.33. The lowest BCUT2D eigenvalue weighted by molar-refractivity contribution is -0.496. The van der Waals surface area contributed by atoms with E-state index in [-0.39, 0.29) is 0 Å². The van der Waals surface area contributed by atoms with Crippen LogP contribution in [0, 0.1) is 0 Å². The summed E-state index contributed by atoms with van der Waals surface area (Å²) in [6, 6.07) is 0. The second-order valence-electron chi connectivity index (χ2n) is 7.17. The minimum atomic E-state index is -7.52. The van der Waals surface area contributed by atoms with Crippen LogP contribution in [-0.4, -0.2) is 115 Å². The summed E-state index contributed by atoms with van der Waals surface area (Å²) in [4.78, 5) is 0. The Balaban J connectivity index is -0.000000680. The van der Waals surface area contributed by atoms with Gasteiger partial charge in [0.15, 0.2) is 0 Å². The highest BCUT2D eigenvalue weighted by molar-refractivity contribution is 6.30. The van der Waals surface area contributed by atoms with Crippen LogP contribution >= 0.6 is 0 Å². The van der Waals surface area contributed by atoms with Crippen molar-refractivity contribution in [3.05, 3.63) is 0 Å². The molecule has 0 spiro atoms. The molecule has 0 atom stereocenters. The van der Waals surface area contributed by atoms with Gasteiger partial charge < -0.3 is 35.5 Å². The standard InChI is InChI=1S/2C6H2F12O2.BH3O3/c2*7-3(8,9)1(19,4(10,11)12)2(20,5(13,14)15)6(16,17)18;2-1(3)4/h2*19-20H;2-4H. The Morgan fingerprint density at radius 1 is 0.227 bits per heavy atom. The third-order valence-electron chi connectivity index (χ3n) is 4.33. The summed E-state index contributed by atoms with van der Waals surface area (Å²) in [6.45, 7) is 0. The lowest BCUT2D eigenvalue weighted by Gasteiger charge is -2.45. The van der Waals surface area contributed by atoms with E-state index in [0.29, 0.717) is 0 Å². The molecule has 0 saturated heterocycles. The zero-order valence-electron chi connectivity index (χ0n) is 18.8. The van der Waals surface area contributed by atoms with Crippen LogP contribution in [0.15, 0.2) is 0 Å². The summed E-state index contributed by atoms with van der Waals surface area (Å²) in [5, 5.41) is 54.0. The van der Waals surface area contributed by atoms with Crippen molar-refractivity contribution in [3.8, 4) is 0 Å². The highest BCUT2D eigenvalue weighted by Crippen LogP contribution is 2.61. The van der Waals surface area contributed by atoms with Gasteiger partial charge in [0, 0.05) is 0 Å². The Labute approximate surface area is 221 Å². The number of alkyl halides is 24. The molecule has 0 fully saturated rings. The minimum absolute atomic E-state index is 2.17. The van der Waals surface area contributed by atoms with E-state index in [1.165, 1.54) is 0 Å². The molecule has 0 unspecified atom stereocenters. The molecule has 0 aromatic heterocycles. The SMILES string of the molecule is OB(O)O.OC(C(F)(F)F)(C(F)(F)F)C(O)(C(F)(F)F)C(F)(F)F.OC(C(F)(F)F)(C(F)(F)F)C(O)(C(F)(F)F)C(F)(F)F. The van der Waals surface area contributed by atoms with E-state index in [2.05, 4.69) is 0 Å². The van der Waals surface area contributed by atoms with E-state index in [1.54, 1.807) is 0 Å². The summed E-state index contributed by atoms with van der Waals surface area (Å²) in [6.07, 6.45) is -60.2. The molecule has 0 aromatic rings. The first kappa shape index (κ1) is 46.5. The fraction of sp³-hybridized carbons (Fsp3) is 1.00. The van der Waals surface area contributed by atoms with E-state index in [1.807, 2.05) is 0 Å². The summed E-state index contributed by atoms with van der Waals surface area (Å²) < 4.78 is 289. The van der Waals surface area contributed by atoms with E-state index < -0.39 is 79.1 Å². The summed E-state index contributed by atoms with van der Waals surface area (Å²) in [5.74, 6) is 0. The molecule has 0 heterocycles. The maximum atomic E-state index is 12.0. The van der Waals surface area contributed by atoms with Crippen LogP contribution in [0.1, 0.15) is 0 Å². The van der Waals surface area contributed by atoms with E-state index in [0.717, 1.165) is 0 Å². The second kappa shape index (κ2) is 12.4. The van der Waals surface area contributed by atoms with Crippen molar-refractivity contribution in [2.45, 2.75) is 71.8 Å². The van der Waals surface area contributed by atoms with Crippen LogP contribution in [0.4, 0.5) is 105 Å². The summed E-state index contributed by atoms with van der Waals surface area (Å²) in [5.41, 5.74) is -30.0. The monoisotopic (exact) mass is 730 g/mol. The zero-order valence-corrected chi connectivity index (χ0v) is 18.8. The molecule has 0 amide bonds. The van der Waals surface area contributed by atoms with E-state index in [9.17, 15) is 105 Å². The predicted octanol–water partition coefficient (Wildman–Crippen LogP) is 3.34. The molecule has 0 bridgehead atoms. The molecule has 0 saturated carbocycles. The lowest BCUT2D eigenvalue weighted by Crippen LogP contribution is -2.80. The van der Waals surface area contributed by atoms with Crippen molar-refractivity contribution >= 4 is 7.32 Å². The maximum Gasteiger partial charge on any atom is 0.631 e. The average molecular weight is 730 g/mol. The Kier molecular flexibility index (Phi) is 13.1. The average Bonchev–Trinajstić information content (AvgIpc) is 2.64. The van der Waals surface area contributed by atoms with Crippen LogP contribution in [0.25, 0.3) is 0 Å². The summed E-state index contributed by atoms with van der Waals surface area (Å²) in [7, 11) is -2.17. The van der Waals surface area contributed by atoms with Crippen molar-refractivity contribution in [3.63, 3.8) is 0 Å². The highest BCUT2D eigenvalue weighted by atomic mass is 19.5. The number of rotatable bonds is 2. The molecule has 0 radical (unpaired) electrons. The van der Waals surface area contributed by atoms with Gasteiger partial charge in [-0.3, -0.25) is 0 Å². The van der Waals surface area contributed by atoms with Gasteiger partial charge in [0.25, 0.3) is 0 Å². The van der Waals surface area contributed by atoms with Crippen molar-refractivity contribution < 1.29 is 141 Å². The zero-order chi connectivity index (χ0) is 37.6. The fourth-order valence-corrected chi connectivity index (χ4v) is 2.28. The molecule has 0 rings (SSSR count). The molecule has 7 N–H and O–H groups in total. The lowest BCUT2D eigenvalue weighted by atomic mass is 9.79. The van der Waals surface area contributed by atoms with Gasteiger partial charge in [-0.1, -0.05) is 0 Å². The normalized spacial score (nSPS) is 15.6. The topological polar surface area (TPSA) is 142 Å². The number of aliphatic hydroxyl groups is 4. The first-order valence-corrected chi connectivity index (χ1v) is 8.70. The number of hydrogen-bond donors (Lipinski definition) is 7. The van der Waals surface area contributed by atoms with Gasteiger partial charge in [0.2, 0.25) is 0 Å². The van der Waals surface area contributed by atoms with Crippen LogP contribution in [0.2, 0.25) is 0 Å². The predicted molar refractivity (Wildman–Crippen MR) is 80.6 cm³/mol. The fourth-order valence-electron chi connectivity index (χ4n) is 2.28. The van der Waals surface area contributed by atoms with Crippen LogP contribution in [-0.2, 0) is 0 Å². The van der Waals surface area contributed by atoms with E-state index in [4.69, 9.17) is 35.5 Å². The molecule has 268 valence electrons. The van der Waals surface area contributed by atoms with Crippen molar-refractivity contribution in [1.29, 1.82) is 0 Å². The van der Waals surface area contributed by atoms with Gasteiger partial charge in [-0.25, -0.2) is 0 Å². The largest absolute Gasteiger partial charge is 0.631 e. The third kappa shape index (κ3) is 7.90. The molecule has 0 aliphatic heterocycles. The Morgan fingerprint density at radius 3 is 0.295 bits per heavy atom. The summed E-state index contributed by atoms with van der Waals surface area (Å²) >= 11 is 0. The molecule has 0 aliphatic carbocycles. The van der Waals surface area contributed by atoms with Crippen LogP contribution < -0.4 is 0 Å². The molecule has 7 nitrogen and oxygen atoms in total. The van der Waals surface area contributed by atoms with E-state index >= 15 is 0 Å². The number of halogens is 24. The minimum Gasteiger partial charge on any atom is -0.402 e. The Morgan fingerprint density at radius 2 is 0.273 bits per heavy atom. The van der Waals surface area contributed by atoms with Crippen molar-refractivity contribution in [2.75, 3.05) is 0 Å². The van der Waals surface area contributed by atoms with Gasteiger partial charge >= 0.3 is 79.1 Å². The Bertz CT molecular complexity index is 713. The second-order valence-corrected chi connectivity index (χ2v) is 7.17.